The van der Waals surface area contributed by atoms with Crippen LogP contribution in [0.3, 0.4) is 0 Å². The Balaban J connectivity index is 2.97. The molecule has 1 amide bonds. The first-order valence-electron chi connectivity index (χ1n) is 4.79. The molecule has 1 rings (SSSR count). The Kier molecular flexibility index (Phi) is 3.76. The third kappa shape index (κ3) is 2.44. The van der Waals surface area contributed by atoms with Gasteiger partial charge in [0, 0.05) is 6.42 Å². The average molecular weight is 222 g/mol. The van der Waals surface area contributed by atoms with Crippen LogP contribution in [-0.4, -0.2) is 22.4 Å². The van der Waals surface area contributed by atoms with Crippen molar-refractivity contribution in [2.24, 2.45) is 5.73 Å². The van der Waals surface area contributed by atoms with Crippen LogP contribution in [0.4, 0.5) is 0 Å². The number of hydrogen-bond donors (Lipinski definition) is 3. The zero-order valence-electron chi connectivity index (χ0n) is 8.93. The van der Waals surface area contributed by atoms with Crippen LogP contribution in [0.2, 0.25) is 0 Å². The Labute approximate surface area is 93.2 Å². The van der Waals surface area contributed by atoms with Crippen molar-refractivity contribution in [2.75, 3.05) is 0 Å². The number of nitrogens with two attached hydrogens (primary N) is 1. The first-order chi connectivity index (χ1) is 7.50. The summed E-state index contributed by atoms with van der Waals surface area (Å²) in [6.07, 6.45) is 0.0512. The van der Waals surface area contributed by atoms with Crippen LogP contribution in [0.15, 0.2) is 30.3 Å². The summed E-state index contributed by atoms with van der Waals surface area (Å²) < 4.78 is 0. The molecular formula is C11H14N2O3. The lowest BCUT2D eigenvalue weighted by molar-refractivity contribution is -0.140. The van der Waals surface area contributed by atoms with Crippen LogP contribution >= 0.6 is 0 Å². The smallest absolute Gasteiger partial charge is 0.271 e. The van der Waals surface area contributed by atoms with Gasteiger partial charge in [0.1, 0.15) is 0 Å². The van der Waals surface area contributed by atoms with E-state index >= 15 is 0 Å². The number of amides is 1. The molecular weight excluding hydrogens is 208 g/mol. The van der Waals surface area contributed by atoms with Gasteiger partial charge in [0.15, 0.2) is 11.3 Å². The van der Waals surface area contributed by atoms with E-state index in [1.807, 2.05) is 6.07 Å². The van der Waals surface area contributed by atoms with Gasteiger partial charge in [-0.15, -0.1) is 0 Å². The summed E-state index contributed by atoms with van der Waals surface area (Å²) in [5.41, 5.74) is 6.16. The largest absolute Gasteiger partial charge is 0.311 e. The zero-order valence-corrected chi connectivity index (χ0v) is 8.93. The predicted octanol–water partition coefficient (Wildman–Crippen LogP) is 0.0210. The van der Waals surface area contributed by atoms with Gasteiger partial charge in [0.2, 0.25) is 0 Å². The van der Waals surface area contributed by atoms with Crippen molar-refractivity contribution in [2.45, 2.75) is 18.9 Å². The molecule has 0 saturated heterocycles. The SMILES string of the molecule is CC(=O)C(N)(Cc1ccccc1)C(=O)NO. The molecule has 1 aromatic rings. The second-order valence-corrected chi connectivity index (χ2v) is 3.63. The van der Waals surface area contributed by atoms with Gasteiger partial charge in [-0.25, -0.2) is 5.48 Å². The molecule has 0 saturated carbocycles. The topological polar surface area (TPSA) is 92.4 Å². The lowest BCUT2D eigenvalue weighted by atomic mass is 9.87. The third-order valence-electron chi connectivity index (χ3n) is 2.46. The fourth-order valence-corrected chi connectivity index (χ4v) is 1.38. The summed E-state index contributed by atoms with van der Waals surface area (Å²) >= 11 is 0. The molecule has 86 valence electrons. The first kappa shape index (κ1) is 12.4. The lowest BCUT2D eigenvalue weighted by Crippen LogP contribution is -2.59. The fraction of sp³-hybridized carbons (Fsp3) is 0.273. The molecule has 4 N–H and O–H groups in total. The summed E-state index contributed by atoms with van der Waals surface area (Å²) in [4.78, 5) is 22.7. The second kappa shape index (κ2) is 4.87. The summed E-state index contributed by atoms with van der Waals surface area (Å²) in [5.74, 6) is -1.40. The maximum Gasteiger partial charge on any atom is 0.271 e. The molecule has 1 atom stereocenters. The molecule has 0 heterocycles. The Morgan fingerprint density at radius 1 is 1.38 bits per heavy atom. The summed E-state index contributed by atoms with van der Waals surface area (Å²) in [6.45, 7) is 1.22. The molecule has 0 radical (unpaired) electrons. The highest BCUT2D eigenvalue weighted by Gasteiger charge is 2.39. The minimum atomic E-state index is -1.73. The molecule has 0 aliphatic carbocycles. The molecule has 1 aromatic carbocycles. The number of Topliss-reactive ketones (excluding diaryl/α,β-unsaturated/α-hetero) is 1. The molecule has 0 spiro atoms. The highest BCUT2D eigenvalue weighted by atomic mass is 16.5. The van der Waals surface area contributed by atoms with Crippen LogP contribution in [0.25, 0.3) is 0 Å². The van der Waals surface area contributed by atoms with Gasteiger partial charge in [0.05, 0.1) is 0 Å². The zero-order chi connectivity index (χ0) is 12.2. The van der Waals surface area contributed by atoms with Crippen molar-refractivity contribution in [1.29, 1.82) is 0 Å². The Morgan fingerprint density at radius 2 is 1.94 bits per heavy atom. The number of hydroxylamine groups is 1. The van der Waals surface area contributed by atoms with Crippen molar-refractivity contribution < 1.29 is 14.8 Å². The molecule has 16 heavy (non-hydrogen) atoms. The van der Waals surface area contributed by atoms with Gasteiger partial charge in [-0.3, -0.25) is 14.8 Å². The second-order valence-electron chi connectivity index (χ2n) is 3.63. The standard InChI is InChI=1S/C11H14N2O3/c1-8(14)11(12,10(15)13-16)7-9-5-3-2-4-6-9/h2-6,16H,7,12H2,1H3,(H,13,15). The van der Waals surface area contributed by atoms with E-state index in [4.69, 9.17) is 10.9 Å². The van der Waals surface area contributed by atoms with E-state index in [0.717, 1.165) is 5.56 Å². The summed E-state index contributed by atoms with van der Waals surface area (Å²) in [6, 6.07) is 8.91. The molecule has 1 unspecified atom stereocenters. The van der Waals surface area contributed by atoms with E-state index in [0.29, 0.717) is 0 Å². The van der Waals surface area contributed by atoms with Crippen molar-refractivity contribution in [3.05, 3.63) is 35.9 Å². The van der Waals surface area contributed by atoms with Crippen LogP contribution < -0.4 is 11.2 Å². The van der Waals surface area contributed by atoms with Gasteiger partial charge in [-0.2, -0.15) is 0 Å². The number of carbonyl (C=O) groups excluding carboxylic acids is 2. The predicted molar refractivity (Wildman–Crippen MR) is 57.7 cm³/mol. The number of rotatable bonds is 4. The van der Waals surface area contributed by atoms with E-state index < -0.39 is 17.2 Å². The number of carbonyl (C=O) groups is 2. The average Bonchev–Trinajstić information content (AvgIpc) is 2.28. The van der Waals surface area contributed by atoms with E-state index in [1.54, 1.807) is 24.3 Å². The molecule has 0 aromatic heterocycles. The molecule has 5 heteroatoms. The van der Waals surface area contributed by atoms with E-state index in [-0.39, 0.29) is 6.42 Å². The molecule has 0 aliphatic heterocycles. The monoisotopic (exact) mass is 222 g/mol. The number of benzene rings is 1. The van der Waals surface area contributed by atoms with E-state index in [1.165, 1.54) is 12.4 Å². The normalized spacial score (nSPS) is 13.9. The first-order valence-corrected chi connectivity index (χ1v) is 4.79. The van der Waals surface area contributed by atoms with Gasteiger partial charge in [-0.05, 0) is 12.5 Å². The van der Waals surface area contributed by atoms with Crippen LogP contribution in [0, 0.1) is 0 Å². The molecule has 0 bridgehead atoms. The quantitative estimate of drug-likeness (QED) is 0.380. The lowest BCUT2D eigenvalue weighted by Gasteiger charge is -2.23. The van der Waals surface area contributed by atoms with Crippen LogP contribution in [0.5, 0.6) is 0 Å². The van der Waals surface area contributed by atoms with Gasteiger partial charge in [0.25, 0.3) is 5.91 Å². The van der Waals surface area contributed by atoms with Crippen molar-refractivity contribution >= 4 is 11.7 Å². The Bertz CT molecular complexity index is 391. The fourth-order valence-electron chi connectivity index (χ4n) is 1.38. The highest BCUT2D eigenvalue weighted by molar-refractivity contribution is 6.09. The minimum absolute atomic E-state index is 0.0512. The molecule has 0 fully saturated rings. The minimum Gasteiger partial charge on any atom is -0.311 e. The van der Waals surface area contributed by atoms with Crippen molar-refractivity contribution in [3.8, 4) is 0 Å². The van der Waals surface area contributed by atoms with Crippen LogP contribution in [-0.2, 0) is 16.0 Å². The summed E-state index contributed by atoms with van der Waals surface area (Å²) in [5, 5.41) is 8.57. The molecule has 0 aliphatic rings. The third-order valence-corrected chi connectivity index (χ3v) is 2.46. The molecule has 5 nitrogen and oxygen atoms in total. The maximum atomic E-state index is 11.4. The Morgan fingerprint density at radius 3 is 2.38 bits per heavy atom. The van der Waals surface area contributed by atoms with Gasteiger partial charge < -0.3 is 5.73 Å². The summed E-state index contributed by atoms with van der Waals surface area (Å²) in [7, 11) is 0. The van der Waals surface area contributed by atoms with E-state index in [2.05, 4.69) is 0 Å². The van der Waals surface area contributed by atoms with Gasteiger partial charge in [-0.1, -0.05) is 30.3 Å². The van der Waals surface area contributed by atoms with E-state index in [9.17, 15) is 9.59 Å². The van der Waals surface area contributed by atoms with Crippen molar-refractivity contribution in [3.63, 3.8) is 0 Å². The van der Waals surface area contributed by atoms with Crippen LogP contribution in [0.1, 0.15) is 12.5 Å². The number of hydrogen-bond acceptors (Lipinski definition) is 4. The number of ketones is 1. The number of nitrogens with one attached hydrogen (secondary N) is 1. The van der Waals surface area contributed by atoms with Gasteiger partial charge >= 0.3 is 0 Å². The van der Waals surface area contributed by atoms with Crippen molar-refractivity contribution in [1.82, 2.24) is 5.48 Å². The Hall–Kier alpha value is -1.72. The highest BCUT2D eigenvalue weighted by Crippen LogP contribution is 2.12. The maximum absolute atomic E-state index is 11.4.